The summed E-state index contributed by atoms with van der Waals surface area (Å²) in [6, 6.07) is 11.1. The van der Waals surface area contributed by atoms with Gasteiger partial charge in [0, 0.05) is 35.2 Å². The maximum atomic E-state index is 13.6. The zero-order chi connectivity index (χ0) is 31.0. The highest BCUT2D eigenvalue weighted by atomic mass is 16.7. The van der Waals surface area contributed by atoms with Crippen molar-refractivity contribution in [3.8, 4) is 23.0 Å². The minimum atomic E-state index is -2.93. The number of aromatic hydroxyl groups is 2. The smallest absolute Gasteiger partial charge is 0.364 e. The highest BCUT2D eigenvalue weighted by Crippen LogP contribution is 2.57. The maximum Gasteiger partial charge on any atom is 0.364 e. The molecule has 1 saturated heterocycles. The number of ether oxygens (including phenoxy) is 3. The number of phenolic OH excluding ortho intramolecular Hbond substituents is 2. The van der Waals surface area contributed by atoms with Crippen LogP contribution < -0.4 is 10.5 Å². The van der Waals surface area contributed by atoms with Gasteiger partial charge in [-0.25, -0.2) is 9.59 Å². The molecule has 3 aromatic carbocycles. The molecule has 226 valence electrons. The van der Waals surface area contributed by atoms with Crippen LogP contribution in [0.2, 0.25) is 0 Å². The summed E-state index contributed by atoms with van der Waals surface area (Å²) in [5, 5.41) is 83.3. The first-order valence-electron chi connectivity index (χ1n) is 13.1. The molecule has 3 aromatic rings. The fourth-order valence-electron chi connectivity index (χ4n) is 6.01. The average molecular weight is 598 g/mol. The molecule has 1 spiro atoms. The van der Waals surface area contributed by atoms with Gasteiger partial charge in [-0.3, -0.25) is 0 Å². The van der Waals surface area contributed by atoms with E-state index in [2.05, 4.69) is 0 Å². The molecule has 3 aliphatic rings. The molecule has 6 rings (SSSR count). The van der Waals surface area contributed by atoms with Crippen LogP contribution in [0.3, 0.4) is 0 Å². The van der Waals surface area contributed by atoms with Crippen molar-refractivity contribution in [2.24, 2.45) is 5.73 Å². The summed E-state index contributed by atoms with van der Waals surface area (Å²) in [6.07, 6.45) is -10.6. The Kier molecular flexibility index (Phi) is 6.63. The monoisotopic (exact) mass is 597 g/mol. The minimum absolute atomic E-state index is 0.119. The Balaban J connectivity index is 1.43. The lowest BCUT2D eigenvalue weighted by atomic mass is 9.76. The highest BCUT2D eigenvalue weighted by Gasteiger charge is 2.56. The van der Waals surface area contributed by atoms with Gasteiger partial charge in [-0.2, -0.15) is 0 Å². The Hall–Kier alpha value is -4.28. The third-order valence-corrected chi connectivity index (χ3v) is 8.14. The fourth-order valence-corrected chi connectivity index (χ4v) is 6.01. The second-order valence-electron chi connectivity index (χ2n) is 10.8. The van der Waals surface area contributed by atoms with E-state index in [1.54, 1.807) is 6.07 Å². The Labute approximate surface area is 242 Å². The van der Waals surface area contributed by atoms with Gasteiger partial charge in [0.1, 0.15) is 47.4 Å². The van der Waals surface area contributed by atoms with Gasteiger partial charge in [-0.1, -0.05) is 18.2 Å². The molecule has 0 bridgehead atoms. The predicted molar refractivity (Wildman–Crippen MR) is 141 cm³/mol. The van der Waals surface area contributed by atoms with Crippen LogP contribution in [0, 0.1) is 0 Å². The van der Waals surface area contributed by atoms with Gasteiger partial charge in [0.05, 0.1) is 17.7 Å². The van der Waals surface area contributed by atoms with Gasteiger partial charge in [0.25, 0.3) is 5.79 Å². The van der Waals surface area contributed by atoms with E-state index in [0.717, 1.165) is 0 Å². The SMILES string of the molecule is N[C@H]1[C@H]([C@H](O)[C@H](O)C(O)c2cccc3c2C(=O)OC32c3ccc(O)cc3Oc3cc(O)ccc32)O[C@](O)(C(=O)O)C[C@@H]1O. The molecule has 1 fully saturated rings. The van der Waals surface area contributed by atoms with Crippen LogP contribution in [-0.2, 0) is 19.9 Å². The molecule has 43 heavy (non-hydrogen) atoms. The summed E-state index contributed by atoms with van der Waals surface area (Å²) >= 11 is 0. The van der Waals surface area contributed by atoms with E-state index in [-0.39, 0.29) is 39.7 Å². The number of aliphatic hydroxyl groups is 5. The van der Waals surface area contributed by atoms with Gasteiger partial charge in [0.15, 0.2) is 5.60 Å². The molecule has 0 radical (unpaired) electrons. The molecule has 3 heterocycles. The summed E-state index contributed by atoms with van der Waals surface area (Å²) in [7, 11) is 0. The van der Waals surface area contributed by atoms with E-state index in [9.17, 15) is 50.4 Å². The first-order chi connectivity index (χ1) is 20.3. The number of hydrogen-bond donors (Lipinski definition) is 9. The van der Waals surface area contributed by atoms with Crippen molar-refractivity contribution in [1.29, 1.82) is 0 Å². The number of carboxylic acids is 1. The number of phenols is 2. The Bertz CT molecular complexity index is 1590. The highest BCUT2D eigenvalue weighted by molar-refractivity contribution is 5.98. The van der Waals surface area contributed by atoms with Crippen LogP contribution in [0.4, 0.5) is 0 Å². The third-order valence-electron chi connectivity index (χ3n) is 8.14. The van der Waals surface area contributed by atoms with Crippen LogP contribution in [0.25, 0.3) is 0 Å². The molecule has 0 aromatic heterocycles. The number of carboxylic acid groups (broad SMARTS) is 1. The van der Waals surface area contributed by atoms with Crippen LogP contribution in [0.1, 0.15) is 45.1 Å². The number of aliphatic carboxylic acids is 1. The molecule has 0 aliphatic carbocycles. The first-order valence-corrected chi connectivity index (χ1v) is 13.1. The number of hydrogen-bond acceptors (Lipinski definition) is 13. The van der Waals surface area contributed by atoms with Gasteiger partial charge in [-0.15, -0.1) is 0 Å². The number of carbonyl (C=O) groups is 2. The van der Waals surface area contributed by atoms with Crippen molar-refractivity contribution in [1.82, 2.24) is 0 Å². The third kappa shape index (κ3) is 4.23. The molecular weight excluding hydrogens is 570 g/mol. The van der Waals surface area contributed by atoms with Crippen molar-refractivity contribution >= 4 is 11.9 Å². The lowest BCUT2D eigenvalue weighted by molar-refractivity contribution is -0.294. The number of rotatable bonds is 5. The van der Waals surface area contributed by atoms with Crippen molar-refractivity contribution in [2.75, 3.05) is 0 Å². The van der Waals surface area contributed by atoms with Crippen LogP contribution in [0.5, 0.6) is 23.0 Å². The van der Waals surface area contributed by atoms with E-state index in [1.807, 2.05) is 0 Å². The number of aliphatic hydroxyl groups excluding tert-OH is 4. The molecule has 0 amide bonds. The fraction of sp³-hybridized carbons (Fsp3) is 0.310. The first kappa shape index (κ1) is 28.8. The van der Waals surface area contributed by atoms with E-state index >= 15 is 0 Å². The second kappa shape index (κ2) is 9.89. The largest absolute Gasteiger partial charge is 0.508 e. The van der Waals surface area contributed by atoms with Gasteiger partial charge >= 0.3 is 11.9 Å². The van der Waals surface area contributed by atoms with Crippen LogP contribution in [0.15, 0.2) is 54.6 Å². The number of fused-ring (bicyclic) bond motifs is 6. The molecule has 1 unspecified atom stereocenters. The summed E-state index contributed by atoms with van der Waals surface area (Å²) in [6.45, 7) is 0. The Morgan fingerprint density at radius 2 is 1.56 bits per heavy atom. The summed E-state index contributed by atoms with van der Waals surface area (Å²) in [5.74, 6) is -5.77. The number of nitrogens with two attached hydrogens (primary N) is 1. The Morgan fingerprint density at radius 3 is 2.14 bits per heavy atom. The van der Waals surface area contributed by atoms with Gasteiger partial charge < -0.3 is 60.8 Å². The van der Waals surface area contributed by atoms with E-state index in [4.69, 9.17) is 19.9 Å². The van der Waals surface area contributed by atoms with Crippen molar-refractivity contribution in [3.05, 3.63) is 82.4 Å². The minimum Gasteiger partial charge on any atom is -0.508 e. The Morgan fingerprint density at radius 1 is 0.953 bits per heavy atom. The molecule has 14 heteroatoms. The molecule has 7 atom stereocenters. The van der Waals surface area contributed by atoms with Crippen molar-refractivity contribution in [2.45, 2.75) is 54.4 Å². The van der Waals surface area contributed by atoms with E-state index in [0.29, 0.717) is 11.1 Å². The topological polar surface area (TPSA) is 250 Å². The summed E-state index contributed by atoms with van der Waals surface area (Å²) in [4.78, 5) is 25.1. The van der Waals surface area contributed by atoms with Crippen molar-refractivity contribution in [3.63, 3.8) is 0 Å². The number of esters is 1. The normalized spacial score (nSPS) is 27.2. The average Bonchev–Trinajstić information content (AvgIpc) is 3.26. The zero-order valence-corrected chi connectivity index (χ0v) is 22.1. The second-order valence-corrected chi connectivity index (χ2v) is 10.8. The predicted octanol–water partition coefficient (Wildman–Crippen LogP) is -0.329. The maximum absolute atomic E-state index is 13.6. The van der Waals surface area contributed by atoms with Crippen LogP contribution in [-0.4, -0.2) is 89.0 Å². The quantitative estimate of drug-likeness (QED) is 0.171. The standard InChI is InChI=1S/C29H27NO13/c30-21-17(33)10-28(40,27(38)39)42-25(21)24(36)23(35)22(34)13-2-1-3-16-20(13)26(37)43-29(16)14-6-4-11(31)8-18(14)41-19-9-12(32)5-7-15(19)29/h1-9,17,21-25,31-36,40H,10,30H2,(H,38,39)/t17-,21+,22?,23+,24+,25+,28-/m0/s1. The van der Waals surface area contributed by atoms with Gasteiger partial charge in [0.2, 0.25) is 0 Å². The van der Waals surface area contributed by atoms with Crippen molar-refractivity contribution < 1.29 is 64.7 Å². The molecule has 0 saturated carbocycles. The lowest BCUT2D eigenvalue weighted by Crippen LogP contribution is -2.65. The zero-order valence-electron chi connectivity index (χ0n) is 22.1. The van der Waals surface area contributed by atoms with E-state index < -0.39 is 66.3 Å². The lowest BCUT2D eigenvalue weighted by Gasteiger charge is -2.43. The van der Waals surface area contributed by atoms with E-state index in [1.165, 1.54) is 48.5 Å². The van der Waals surface area contributed by atoms with Crippen LogP contribution >= 0.6 is 0 Å². The molecule has 10 N–H and O–H groups in total. The summed E-state index contributed by atoms with van der Waals surface area (Å²) < 4.78 is 17.0. The number of benzene rings is 3. The molecular formula is C29H27NO13. The molecule has 3 aliphatic heterocycles. The molecule has 14 nitrogen and oxygen atoms in total. The summed E-state index contributed by atoms with van der Waals surface area (Å²) in [5.41, 5.74) is 4.69. The number of carbonyl (C=O) groups excluding carboxylic acids is 1. The van der Waals surface area contributed by atoms with Gasteiger partial charge in [-0.05, 0) is 29.8 Å².